The summed E-state index contributed by atoms with van der Waals surface area (Å²) in [6.45, 7) is 3.58. The number of ether oxygens (including phenoxy) is 2. The fraction of sp³-hybridized carbons (Fsp3) is 0.333. The minimum Gasteiger partial charge on any atom is -0.479 e. The Kier molecular flexibility index (Phi) is 6.93. The summed E-state index contributed by atoms with van der Waals surface area (Å²) >= 11 is 6.03. The van der Waals surface area contributed by atoms with Crippen LogP contribution in [-0.4, -0.2) is 55.7 Å². The van der Waals surface area contributed by atoms with Gasteiger partial charge < -0.3 is 19.3 Å². The highest BCUT2D eigenvalue weighted by Crippen LogP contribution is 2.21. The Morgan fingerprint density at radius 3 is 2.45 bits per heavy atom. The van der Waals surface area contributed by atoms with Gasteiger partial charge in [0, 0.05) is 36.9 Å². The lowest BCUT2D eigenvalue weighted by Crippen LogP contribution is -2.50. The van der Waals surface area contributed by atoms with Gasteiger partial charge in [-0.1, -0.05) is 17.7 Å². The van der Waals surface area contributed by atoms with Crippen LogP contribution in [0.2, 0.25) is 5.02 Å². The van der Waals surface area contributed by atoms with Crippen LogP contribution >= 0.6 is 11.6 Å². The van der Waals surface area contributed by atoms with Gasteiger partial charge >= 0.3 is 5.97 Å². The van der Waals surface area contributed by atoms with E-state index < -0.39 is 17.9 Å². The molecule has 1 atom stereocenters. The van der Waals surface area contributed by atoms with E-state index in [1.54, 1.807) is 4.90 Å². The predicted molar refractivity (Wildman–Crippen MR) is 108 cm³/mol. The number of hydrogen-bond acceptors (Lipinski definition) is 5. The Bertz CT molecular complexity index is 854. The summed E-state index contributed by atoms with van der Waals surface area (Å²) in [5, 5.41) is 0.671. The number of carbonyl (C=O) groups is 2. The maximum Gasteiger partial charge on any atom is 0.347 e. The summed E-state index contributed by atoms with van der Waals surface area (Å²) in [4.78, 5) is 28.2. The van der Waals surface area contributed by atoms with E-state index in [1.807, 2.05) is 24.3 Å². The summed E-state index contributed by atoms with van der Waals surface area (Å²) in [5.41, 5.74) is 1.02. The van der Waals surface area contributed by atoms with Crippen molar-refractivity contribution in [2.75, 3.05) is 37.7 Å². The first-order valence-corrected chi connectivity index (χ1v) is 9.67. The van der Waals surface area contributed by atoms with Crippen LogP contribution in [0.4, 0.5) is 10.1 Å². The molecule has 0 saturated carbocycles. The highest BCUT2D eigenvalue weighted by molar-refractivity contribution is 6.30. The third-order valence-corrected chi connectivity index (χ3v) is 4.84. The topological polar surface area (TPSA) is 59.1 Å². The molecule has 0 spiro atoms. The van der Waals surface area contributed by atoms with Gasteiger partial charge in [0.15, 0.2) is 12.7 Å². The van der Waals surface area contributed by atoms with Gasteiger partial charge in [-0.2, -0.15) is 0 Å². The van der Waals surface area contributed by atoms with Crippen molar-refractivity contribution in [3.63, 3.8) is 0 Å². The fourth-order valence-electron chi connectivity index (χ4n) is 2.99. The Morgan fingerprint density at radius 1 is 1.10 bits per heavy atom. The number of esters is 1. The minimum absolute atomic E-state index is 0.252. The fourth-order valence-corrected chi connectivity index (χ4v) is 3.18. The van der Waals surface area contributed by atoms with Crippen molar-refractivity contribution >= 4 is 29.2 Å². The van der Waals surface area contributed by atoms with E-state index in [-0.39, 0.29) is 12.5 Å². The average Bonchev–Trinajstić information content (AvgIpc) is 2.73. The van der Waals surface area contributed by atoms with E-state index in [0.29, 0.717) is 37.0 Å². The number of nitrogens with zero attached hydrogens (tertiary/aromatic N) is 2. The second-order valence-electron chi connectivity index (χ2n) is 6.67. The lowest BCUT2D eigenvalue weighted by atomic mass is 10.2. The maximum absolute atomic E-state index is 12.9. The molecule has 3 rings (SSSR count). The van der Waals surface area contributed by atoms with Gasteiger partial charge in [0.05, 0.1) is 0 Å². The predicted octanol–water partition coefficient (Wildman–Crippen LogP) is 3.14. The standard InChI is InChI=1S/C21H22ClFN2O4/c1-15(29-19-7-5-17(23)6-8-19)21(27)28-14-20(26)25-11-9-24(10-12-25)18-4-2-3-16(22)13-18/h2-8,13,15H,9-12,14H2,1H3/t15-/m1/s1. The van der Waals surface area contributed by atoms with E-state index in [4.69, 9.17) is 21.1 Å². The summed E-state index contributed by atoms with van der Waals surface area (Å²) in [6.07, 6.45) is -0.909. The highest BCUT2D eigenvalue weighted by atomic mass is 35.5. The number of halogens is 2. The molecule has 0 N–H and O–H groups in total. The van der Waals surface area contributed by atoms with Crippen LogP contribution in [0.3, 0.4) is 0 Å². The van der Waals surface area contributed by atoms with E-state index in [9.17, 15) is 14.0 Å². The van der Waals surface area contributed by atoms with Gasteiger partial charge in [-0.3, -0.25) is 4.79 Å². The van der Waals surface area contributed by atoms with Crippen molar-refractivity contribution in [2.24, 2.45) is 0 Å². The number of hydrogen-bond donors (Lipinski definition) is 0. The molecule has 8 heteroatoms. The van der Waals surface area contributed by atoms with Crippen LogP contribution in [0.25, 0.3) is 0 Å². The number of amides is 1. The van der Waals surface area contributed by atoms with Crippen molar-refractivity contribution in [3.8, 4) is 5.75 Å². The van der Waals surface area contributed by atoms with Gasteiger partial charge in [-0.05, 0) is 49.4 Å². The van der Waals surface area contributed by atoms with Crippen LogP contribution in [0.1, 0.15) is 6.92 Å². The van der Waals surface area contributed by atoms with E-state index in [0.717, 1.165) is 5.69 Å². The zero-order chi connectivity index (χ0) is 20.8. The molecule has 2 aromatic rings. The first-order valence-electron chi connectivity index (χ1n) is 9.29. The zero-order valence-electron chi connectivity index (χ0n) is 16.0. The lowest BCUT2D eigenvalue weighted by molar-refractivity contribution is -0.157. The Hall–Kier alpha value is -2.80. The quantitative estimate of drug-likeness (QED) is 0.672. The number of carbonyl (C=O) groups excluding carboxylic acids is 2. The van der Waals surface area contributed by atoms with Gasteiger partial charge in [0.2, 0.25) is 0 Å². The number of anilines is 1. The largest absolute Gasteiger partial charge is 0.479 e. The monoisotopic (exact) mass is 420 g/mol. The molecule has 29 heavy (non-hydrogen) atoms. The lowest BCUT2D eigenvalue weighted by Gasteiger charge is -2.36. The Balaban J connectivity index is 1.42. The maximum atomic E-state index is 12.9. The molecule has 0 aromatic heterocycles. The van der Waals surface area contributed by atoms with Gasteiger partial charge in [0.25, 0.3) is 5.91 Å². The molecule has 1 amide bonds. The molecule has 2 aromatic carbocycles. The second-order valence-corrected chi connectivity index (χ2v) is 7.11. The third-order valence-electron chi connectivity index (χ3n) is 4.60. The summed E-state index contributed by atoms with van der Waals surface area (Å²) in [5.74, 6) is -0.953. The van der Waals surface area contributed by atoms with Gasteiger partial charge in [-0.25, -0.2) is 9.18 Å². The number of piperazine rings is 1. The molecule has 1 saturated heterocycles. The summed E-state index contributed by atoms with van der Waals surface area (Å²) < 4.78 is 23.4. The molecule has 154 valence electrons. The molecule has 0 aliphatic carbocycles. The first-order chi connectivity index (χ1) is 13.9. The van der Waals surface area contributed by atoms with Crippen molar-refractivity contribution < 1.29 is 23.5 Å². The Morgan fingerprint density at radius 2 is 1.79 bits per heavy atom. The van der Waals surface area contributed by atoms with E-state index >= 15 is 0 Å². The molecular formula is C21H22ClFN2O4. The van der Waals surface area contributed by atoms with Crippen LogP contribution in [0, 0.1) is 5.82 Å². The van der Waals surface area contributed by atoms with Crippen LogP contribution in [-0.2, 0) is 14.3 Å². The SMILES string of the molecule is C[C@@H](Oc1ccc(F)cc1)C(=O)OCC(=O)N1CCN(c2cccc(Cl)c2)CC1. The van der Waals surface area contributed by atoms with Gasteiger partial charge in [-0.15, -0.1) is 0 Å². The molecule has 1 fully saturated rings. The zero-order valence-corrected chi connectivity index (χ0v) is 16.8. The number of benzene rings is 2. The third kappa shape index (κ3) is 5.84. The molecule has 6 nitrogen and oxygen atoms in total. The van der Waals surface area contributed by atoms with Crippen molar-refractivity contribution in [2.45, 2.75) is 13.0 Å². The average molecular weight is 421 g/mol. The smallest absolute Gasteiger partial charge is 0.347 e. The van der Waals surface area contributed by atoms with Crippen molar-refractivity contribution in [1.29, 1.82) is 0 Å². The van der Waals surface area contributed by atoms with Crippen molar-refractivity contribution in [3.05, 3.63) is 59.4 Å². The minimum atomic E-state index is -0.909. The summed E-state index contributed by atoms with van der Waals surface area (Å²) in [6, 6.07) is 12.9. The van der Waals surface area contributed by atoms with Crippen LogP contribution < -0.4 is 9.64 Å². The van der Waals surface area contributed by atoms with E-state index in [1.165, 1.54) is 31.2 Å². The van der Waals surface area contributed by atoms with E-state index in [2.05, 4.69) is 4.90 Å². The summed E-state index contributed by atoms with van der Waals surface area (Å²) in [7, 11) is 0. The molecular weight excluding hydrogens is 399 g/mol. The molecule has 0 unspecified atom stereocenters. The van der Waals surface area contributed by atoms with Gasteiger partial charge in [0.1, 0.15) is 11.6 Å². The second kappa shape index (κ2) is 9.60. The Labute approximate surface area is 173 Å². The molecule has 1 aliphatic rings. The first kappa shape index (κ1) is 20.9. The van der Waals surface area contributed by atoms with Crippen LogP contribution in [0.15, 0.2) is 48.5 Å². The highest BCUT2D eigenvalue weighted by Gasteiger charge is 2.24. The molecule has 1 aliphatic heterocycles. The molecule has 1 heterocycles. The number of rotatable bonds is 6. The molecule has 0 bridgehead atoms. The normalized spacial score (nSPS) is 15.0. The van der Waals surface area contributed by atoms with Crippen molar-refractivity contribution in [1.82, 2.24) is 4.90 Å². The van der Waals surface area contributed by atoms with Crippen LogP contribution in [0.5, 0.6) is 5.75 Å². The molecule has 0 radical (unpaired) electrons.